The van der Waals surface area contributed by atoms with Crippen molar-refractivity contribution < 1.29 is 16.6 Å². The number of benzene rings is 1. The minimum atomic E-state index is -2.22. The Labute approximate surface area is 193 Å². The predicted molar refractivity (Wildman–Crippen MR) is 138 cm³/mol. The van der Waals surface area contributed by atoms with E-state index >= 15 is 0 Å². The van der Waals surface area contributed by atoms with Crippen molar-refractivity contribution in [2.24, 2.45) is 0 Å². The van der Waals surface area contributed by atoms with E-state index in [0.29, 0.717) is 0 Å². The van der Waals surface area contributed by atoms with Crippen LogP contribution >= 0.6 is 0 Å². The Bertz CT molecular complexity index is 875. The van der Waals surface area contributed by atoms with E-state index in [9.17, 15) is 0 Å². The van der Waals surface area contributed by atoms with Gasteiger partial charge in [0.05, 0.1) is 0 Å². The molecule has 1 unspecified atom stereocenters. The molecular weight excluding hydrogens is 412 g/mol. The molecule has 0 amide bonds. The zero-order chi connectivity index (χ0) is 23.7. The van der Waals surface area contributed by atoms with Gasteiger partial charge >= 0.3 is 194 Å². The first-order valence-electron chi connectivity index (χ1n) is 11.7. The fraction of sp³-hybridized carbons (Fsp3) is 0.643. The fourth-order valence-corrected chi connectivity index (χ4v) is 25.0. The Morgan fingerprint density at radius 1 is 0.700 bits per heavy atom. The molecule has 1 atom stereocenters. The first-order chi connectivity index (χ1) is 13.2. The minimum absolute atomic E-state index is 0.149. The van der Waals surface area contributed by atoms with Crippen LogP contribution in [0.5, 0.6) is 0 Å². The molecule has 1 aromatic carbocycles. The van der Waals surface area contributed by atoms with E-state index in [-0.39, 0.29) is 15.1 Å². The van der Waals surface area contributed by atoms with Crippen LogP contribution in [0.4, 0.5) is 0 Å². The van der Waals surface area contributed by atoms with Gasteiger partial charge in [0, 0.05) is 0 Å². The molecular formula is C28H48SiTi. The van der Waals surface area contributed by atoms with Crippen LogP contribution in [0, 0.1) is 13.8 Å². The number of hydrogen-bond donors (Lipinski definition) is 0. The van der Waals surface area contributed by atoms with Gasteiger partial charge in [-0.1, -0.05) is 0 Å². The van der Waals surface area contributed by atoms with Crippen molar-refractivity contribution in [3.05, 3.63) is 49.9 Å². The van der Waals surface area contributed by atoms with Gasteiger partial charge in [-0.25, -0.2) is 0 Å². The summed E-state index contributed by atoms with van der Waals surface area (Å²) in [6, 6.07) is 7.47. The quantitative estimate of drug-likeness (QED) is 0.394. The van der Waals surface area contributed by atoms with Crippen molar-refractivity contribution >= 4 is 13.3 Å². The maximum atomic E-state index is 2.68. The number of aryl methyl sites for hydroxylation is 2. The van der Waals surface area contributed by atoms with E-state index in [0.717, 1.165) is 0 Å². The Kier molecular flexibility index (Phi) is 6.56. The van der Waals surface area contributed by atoms with E-state index in [1.54, 1.807) is 21.9 Å². The third kappa shape index (κ3) is 3.52. The van der Waals surface area contributed by atoms with Crippen LogP contribution in [-0.4, -0.2) is 8.07 Å². The van der Waals surface area contributed by atoms with Gasteiger partial charge < -0.3 is 0 Å². The molecule has 0 radical (unpaired) electrons. The number of allylic oxidation sites excluding steroid dienone is 4. The molecule has 0 nitrogen and oxygen atoms in total. The molecule has 0 aliphatic heterocycles. The van der Waals surface area contributed by atoms with Crippen LogP contribution in [-0.2, 0) is 16.6 Å². The molecule has 0 heterocycles. The third-order valence-corrected chi connectivity index (χ3v) is 20.0. The molecule has 0 fully saturated rings. The van der Waals surface area contributed by atoms with Crippen LogP contribution in [0.15, 0.2) is 38.8 Å². The molecule has 1 aliphatic rings. The standard InChI is InChI=1S/C25H39Si.3CH3.Ti/c1-17-13-18(2)15-22(14-17)26(23(6,7)8,24(9,10)11)25(12)16-19(3)20(4)21(25)5;;;;/h13-15H,1-12H3;3*1H3;. The zero-order valence-corrected chi connectivity index (χ0v) is 25.3. The Morgan fingerprint density at radius 2 is 1.10 bits per heavy atom. The summed E-state index contributed by atoms with van der Waals surface area (Å²) in [4.78, 5) is 0. The van der Waals surface area contributed by atoms with Crippen LogP contribution in [0.2, 0.25) is 30.8 Å². The van der Waals surface area contributed by atoms with E-state index < -0.39 is 24.7 Å². The summed E-state index contributed by atoms with van der Waals surface area (Å²) in [7, 11) is -2.22. The monoisotopic (exact) mass is 460 g/mol. The maximum absolute atomic E-state index is 2.68. The predicted octanol–water partition coefficient (Wildman–Crippen LogP) is 9.24. The van der Waals surface area contributed by atoms with Crippen LogP contribution in [0.1, 0.15) is 80.4 Å². The van der Waals surface area contributed by atoms with Gasteiger partial charge in [0.25, 0.3) is 0 Å². The Morgan fingerprint density at radius 3 is 1.43 bits per heavy atom. The second-order valence-electron chi connectivity index (χ2n) is 13.3. The summed E-state index contributed by atoms with van der Waals surface area (Å²) in [6.45, 7) is 29.9. The van der Waals surface area contributed by atoms with Gasteiger partial charge in [0.2, 0.25) is 0 Å². The molecule has 168 valence electrons. The Balaban J connectivity index is 3.23. The van der Waals surface area contributed by atoms with Crippen molar-refractivity contribution in [3.63, 3.8) is 0 Å². The average Bonchev–Trinajstić information content (AvgIpc) is 2.64. The van der Waals surface area contributed by atoms with Crippen molar-refractivity contribution in [2.45, 2.75) is 114 Å². The number of rotatable bonds is 3. The van der Waals surface area contributed by atoms with Gasteiger partial charge in [-0.05, 0) is 0 Å². The first-order valence-corrected chi connectivity index (χ1v) is 19.2. The molecule has 0 bridgehead atoms. The molecule has 0 N–H and O–H groups in total. The average molecular weight is 461 g/mol. The fourth-order valence-electron chi connectivity index (χ4n) is 8.16. The molecule has 0 aromatic heterocycles. The second kappa shape index (κ2) is 7.60. The van der Waals surface area contributed by atoms with Gasteiger partial charge in [-0.2, -0.15) is 0 Å². The molecule has 1 aliphatic carbocycles. The SMILES string of the molecule is CC1=C(C)C(C)([Si](c2cc(C)cc(C)c2)(C(C)(C)C)C(C)(C)C)[C]([Ti]([CH3])([CH3])[CH3])=C1C. The summed E-state index contributed by atoms with van der Waals surface area (Å²) < 4.78 is 1.87. The van der Waals surface area contributed by atoms with E-state index in [2.05, 4.69) is 117 Å². The van der Waals surface area contributed by atoms with E-state index in [1.807, 2.05) is 3.88 Å². The van der Waals surface area contributed by atoms with Gasteiger partial charge in [0.15, 0.2) is 0 Å². The summed E-state index contributed by atoms with van der Waals surface area (Å²) in [6.07, 6.45) is 0. The van der Waals surface area contributed by atoms with Crippen molar-refractivity contribution in [3.8, 4) is 0 Å². The zero-order valence-electron chi connectivity index (χ0n) is 22.7. The molecule has 2 rings (SSSR count). The number of hydrogen-bond acceptors (Lipinski definition) is 0. The summed E-state index contributed by atoms with van der Waals surface area (Å²) in [5.41, 5.74) is 7.68. The summed E-state index contributed by atoms with van der Waals surface area (Å²) >= 11 is -2.15. The first kappa shape index (κ1) is 25.9. The van der Waals surface area contributed by atoms with Gasteiger partial charge in [-0.3, -0.25) is 0 Å². The molecule has 30 heavy (non-hydrogen) atoms. The van der Waals surface area contributed by atoms with Crippen molar-refractivity contribution in [2.75, 3.05) is 0 Å². The summed E-state index contributed by atoms with van der Waals surface area (Å²) in [5, 5.41) is 10.1. The molecule has 0 spiro atoms. The van der Waals surface area contributed by atoms with E-state index in [4.69, 9.17) is 0 Å². The normalized spacial score (nSPS) is 21.7. The van der Waals surface area contributed by atoms with Crippen molar-refractivity contribution in [1.82, 2.24) is 0 Å². The topological polar surface area (TPSA) is 0 Å². The van der Waals surface area contributed by atoms with Crippen LogP contribution in [0.25, 0.3) is 0 Å². The van der Waals surface area contributed by atoms with Gasteiger partial charge in [0.1, 0.15) is 0 Å². The molecule has 0 saturated carbocycles. The van der Waals surface area contributed by atoms with Crippen LogP contribution < -0.4 is 5.19 Å². The van der Waals surface area contributed by atoms with Crippen molar-refractivity contribution in [1.29, 1.82) is 0 Å². The summed E-state index contributed by atoms with van der Waals surface area (Å²) in [5.74, 6) is 0. The molecule has 2 heteroatoms. The molecule has 0 saturated heterocycles. The third-order valence-electron chi connectivity index (χ3n) is 8.15. The second-order valence-corrected chi connectivity index (χ2v) is 27.1. The molecule has 1 aromatic rings. The van der Waals surface area contributed by atoms with E-state index in [1.165, 1.54) is 11.1 Å². The Hall–Kier alpha value is -0.369. The van der Waals surface area contributed by atoms with Gasteiger partial charge in [-0.15, -0.1) is 0 Å². The van der Waals surface area contributed by atoms with Crippen LogP contribution in [0.3, 0.4) is 0 Å².